The van der Waals surface area contributed by atoms with E-state index in [4.69, 9.17) is 4.74 Å². The number of aromatic carboxylic acids is 1. The Labute approximate surface area is 192 Å². The van der Waals surface area contributed by atoms with E-state index in [-0.39, 0.29) is 33.7 Å². The fourth-order valence-electron chi connectivity index (χ4n) is 5.19. The molecule has 0 aromatic heterocycles. The zero-order valence-electron chi connectivity index (χ0n) is 18.4. The van der Waals surface area contributed by atoms with E-state index in [1.165, 1.54) is 18.2 Å². The Morgan fingerprint density at radius 2 is 2.12 bits per heavy atom. The minimum Gasteiger partial charge on any atom is -0.492 e. The third-order valence-corrected chi connectivity index (χ3v) is 8.51. The average molecular weight is 475 g/mol. The minimum absolute atomic E-state index is 0.0314. The summed E-state index contributed by atoms with van der Waals surface area (Å²) in [5.41, 5.74) is 0.987. The average Bonchev–Trinajstić information content (AvgIpc) is 3.43. The number of hydrogen-bond acceptors (Lipinski definition) is 5. The van der Waals surface area contributed by atoms with E-state index in [2.05, 4.69) is 16.5 Å². The Balaban J connectivity index is 1.47. The van der Waals surface area contributed by atoms with Crippen molar-refractivity contribution >= 4 is 21.7 Å². The lowest BCUT2D eigenvalue weighted by molar-refractivity contribution is 0.0692. The van der Waals surface area contributed by atoms with Crippen molar-refractivity contribution in [3.8, 4) is 5.75 Å². The molecule has 0 amide bonds. The Hall–Kier alpha value is -2.65. The molecule has 1 saturated heterocycles. The first-order valence-electron chi connectivity index (χ1n) is 11.3. The lowest BCUT2D eigenvalue weighted by Crippen LogP contribution is -2.22. The van der Waals surface area contributed by atoms with Crippen molar-refractivity contribution in [2.45, 2.75) is 37.0 Å². The number of halogens is 1. The van der Waals surface area contributed by atoms with E-state index in [9.17, 15) is 22.7 Å². The molecule has 0 unspecified atom stereocenters. The highest BCUT2D eigenvalue weighted by Crippen LogP contribution is 2.55. The molecule has 2 aromatic rings. The van der Waals surface area contributed by atoms with Gasteiger partial charge in [0.25, 0.3) is 10.0 Å². The third-order valence-electron chi connectivity index (χ3n) is 7.05. The molecule has 2 fully saturated rings. The zero-order chi connectivity index (χ0) is 23.3. The van der Waals surface area contributed by atoms with E-state index < -0.39 is 21.8 Å². The summed E-state index contributed by atoms with van der Waals surface area (Å²) in [5, 5.41) is 9.85. The molecule has 1 aliphatic carbocycles. The third kappa shape index (κ3) is 4.19. The predicted octanol–water partition coefficient (Wildman–Crippen LogP) is 3.70. The monoisotopic (exact) mass is 474 g/mol. The fraction of sp³-hybridized carbons (Fsp3) is 0.458. The van der Waals surface area contributed by atoms with E-state index in [0.29, 0.717) is 24.5 Å². The Morgan fingerprint density at radius 3 is 2.85 bits per heavy atom. The number of likely N-dealkylation sites (tertiary alicyclic amines) is 1. The molecule has 176 valence electrons. The normalized spacial score (nSPS) is 24.0. The van der Waals surface area contributed by atoms with E-state index >= 15 is 0 Å². The Morgan fingerprint density at radius 1 is 1.30 bits per heavy atom. The summed E-state index contributed by atoms with van der Waals surface area (Å²) in [7, 11) is -4.16. The zero-order valence-corrected chi connectivity index (χ0v) is 19.2. The van der Waals surface area contributed by atoms with Crippen LogP contribution in [0.25, 0.3) is 0 Å². The number of carboxylic acid groups (broad SMARTS) is 1. The van der Waals surface area contributed by atoms with Crippen LogP contribution in [-0.4, -0.2) is 50.6 Å². The number of sulfonamides is 1. The number of hydrogen-bond donors (Lipinski definition) is 2. The summed E-state index contributed by atoms with van der Waals surface area (Å²) >= 11 is 0. The van der Waals surface area contributed by atoms with Gasteiger partial charge in [-0.2, -0.15) is 0 Å². The van der Waals surface area contributed by atoms with Gasteiger partial charge >= 0.3 is 5.97 Å². The van der Waals surface area contributed by atoms with E-state index in [1.54, 1.807) is 6.07 Å². The van der Waals surface area contributed by atoms with Gasteiger partial charge < -0.3 is 14.7 Å². The molecular formula is C24H27FN2O5S. The first kappa shape index (κ1) is 22.2. The maximum Gasteiger partial charge on any atom is 0.341 e. The van der Waals surface area contributed by atoms with Gasteiger partial charge in [-0.1, -0.05) is 13.0 Å². The molecule has 1 saturated carbocycles. The smallest absolute Gasteiger partial charge is 0.341 e. The van der Waals surface area contributed by atoms with Crippen LogP contribution in [0.2, 0.25) is 0 Å². The van der Waals surface area contributed by atoms with Crippen LogP contribution in [0, 0.1) is 17.7 Å². The number of ether oxygens (including phenoxy) is 1. The van der Waals surface area contributed by atoms with Crippen LogP contribution >= 0.6 is 0 Å². The molecule has 5 rings (SSSR count). The van der Waals surface area contributed by atoms with Crippen LogP contribution in [0.3, 0.4) is 0 Å². The summed E-state index contributed by atoms with van der Waals surface area (Å²) in [6.07, 6.45) is 2.31. The predicted molar refractivity (Wildman–Crippen MR) is 121 cm³/mol. The SMILES string of the molecule is CCN1CC[C@H](Cc2cc(F)ccc2S(=O)(=O)Nc2ccc3c(c2C(=O)O)OC[C@@H]2C[C@H]32)C1. The Kier molecular flexibility index (Phi) is 5.56. The van der Waals surface area contributed by atoms with Crippen LogP contribution in [0.1, 0.15) is 47.2 Å². The molecule has 2 aromatic carbocycles. The van der Waals surface area contributed by atoms with Crippen LogP contribution in [0.5, 0.6) is 5.75 Å². The summed E-state index contributed by atoms with van der Waals surface area (Å²) < 4.78 is 48.9. The van der Waals surface area contributed by atoms with Crippen LogP contribution < -0.4 is 9.46 Å². The number of nitrogens with zero attached hydrogens (tertiary/aromatic N) is 1. The number of fused-ring (bicyclic) bond motifs is 3. The maximum absolute atomic E-state index is 14.1. The quantitative estimate of drug-likeness (QED) is 0.635. The molecular weight excluding hydrogens is 447 g/mol. The standard InChI is InChI=1S/C24H27FN2O5S/c1-2-27-8-7-14(12-27)9-15-10-17(25)3-6-21(15)33(30,31)26-20-5-4-18-19-11-16(19)13-32-23(18)22(20)24(28)29/h3-6,10,14,16,19,26H,2,7-9,11-13H2,1H3,(H,28,29)/t14-,16+,19+/m1/s1. The highest BCUT2D eigenvalue weighted by Gasteiger charge is 2.45. The number of benzene rings is 2. The number of rotatable bonds is 7. The highest BCUT2D eigenvalue weighted by atomic mass is 32.2. The Bertz CT molecular complexity index is 1220. The fourth-order valence-corrected chi connectivity index (χ4v) is 6.50. The van der Waals surface area contributed by atoms with Crippen molar-refractivity contribution in [2.24, 2.45) is 11.8 Å². The van der Waals surface area contributed by atoms with Gasteiger partial charge in [0.2, 0.25) is 0 Å². The second-order valence-electron chi connectivity index (χ2n) is 9.23. The van der Waals surface area contributed by atoms with Crippen molar-refractivity contribution < 1.29 is 27.4 Å². The van der Waals surface area contributed by atoms with Crippen molar-refractivity contribution in [1.29, 1.82) is 0 Å². The first-order chi connectivity index (χ1) is 15.8. The van der Waals surface area contributed by atoms with Crippen LogP contribution in [0.4, 0.5) is 10.1 Å². The summed E-state index contributed by atoms with van der Waals surface area (Å²) in [6.45, 7) is 5.22. The molecule has 3 atom stereocenters. The second kappa shape index (κ2) is 8.29. The maximum atomic E-state index is 14.1. The molecule has 7 nitrogen and oxygen atoms in total. The number of nitrogens with one attached hydrogen (secondary N) is 1. The van der Waals surface area contributed by atoms with Gasteiger partial charge in [0.1, 0.15) is 17.1 Å². The molecule has 2 aliphatic heterocycles. The lowest BCUT2D eigenvalue weighted by atomic mass is 9.98. The van der Waals surface area contributed by atoms with Gasteiger partial charge in [-0.15, -0.1) is 0 Å². The van der Waals surface area contributed by atoms with E-state index in [1.807, 2.05) is 0 Å². The molecule has 2 heterocycles. The van der Waals surface area contributed by atoms with Crippen LogP contribution in [-0.2, 0) is 16.4 Å². The lowest BCUT2D eigenvalue weighted by Gasteiger charge is -2.21. The van der Waals surface area contributed by atoms with Gasteiger partial charge in [-0.25, -0.2) is 17.6 Å². The van der Waals surface area contributed by atoms with Crippen molar-refractivity contribution in [1.82, 2.24) is 4.90 Å². The topological polar surface area (TPSA) is 95.9 Å². The molecule has 0 bridgehead atoms. The molecule has 2 N–H and O–H groups in total. The highest BCUT2D eigenvalue weighted by molar-refractivity contribution is 7.92. The molecule has 3 aliphatic rings. The molecule has 9 heteroatoms. The molecule has 33 heavy (non-hydrogen) atoms. The summed E-state index contributed by atoms with van der Waals surface area (Å²) in [6, 6.07) is 6.87. The van der Waals surface area contributed by atoms with Gasteiger partial charge in [0, 0.05) is 12.5 Å². The van der Waals surface area contributed by atoms with Gasteiger partial charge in [-0.05, 0) is 79.6 Å². The van der Waals surface area contributed by atoms with Crippen LogP contribution in [0.15, 0.2) is 35.2 Å². The largest absolute Gasteiger partial charge is 0.492 e. The number of carboxylic acids is 1. The van der Waals surface area contributed by atoms with Gasteiger partial charge in [0.05, 0.1) is 17.2 Å². The van der Waals surface area contributed by atoms with Gasteiger partial charge in [-0.3, -0.25) is 4.72 Å². The van der Waals surface area contributed by atoms with Gasteiger partial charge in [0.15, 0.2) is 0 Å². The second-order valence-corrected chi connectivity index (χ2v) is 10.9. The summed E-state index contributed by atoms with van der Waals surface area (Å²) in [4.78, 5) is 14.3. The van der Waals surface area contributed by atoms with Crippen molar-refractivity contribution in [2.75, 3.05) is 31.0 Å². The summed E-state index contributed by atoms with van der Waals surface area (Å²) in [5.74, 6) is -0.599. The molecule has 0 spiro atoms. The minimum atomic E-state index is -4.16. The first-order valence-corrected chi connectivity index (χ1v) is 12.8. The van der Waals surface area contributed by atoms with E-state index in [0.717, 1.165) is 44.1 Å². The molecule has 0 radical (unpaired) electrons. The number of anilines is 1. The van der Waals surface area contributed by atoms with Crippen molar-refractivity contribution in [3.63, 3.8) is 0 Å². The number of carbonyl (C=O) groups is 1. The van der Waals surface area contributed by atoms with Crippen molar-refractivity contribution in [3.05, 3.63) is 52.8 Å².